The fraction of sp³-hybridized carbons (Fsp3) is 1.00. The standard InChI is InChI=1S/C17H35NO2/c1-4-6-7-8-9-15(3)19-14-17-11-10-16(20-17)13-18-12-5-2/h15-18H,4-14H2,1-3H3. The van der Waals surface area contributed by atoms with E-state index in [1.54, 1.807) is 0 Å². The van der Waals surface area contributed by atoms with E-state index in [-0.39, 0.29) is 0 Å². The number of hydrogen-bond acceptors (Lipinski definition) is 3. The molecule has 0 aromatic carbocycles. The molecule has 120 valence electrons. The molecular weight excluding hydrogens is 250 g/mol. The van der Waals surface area contributed by atoms with E-state index in [2.05, 4.69) is 26.1 Å². The minimum absolute atomic E-state index is 0.321. The molecule has 3 atom stereocenters. The van der Waals surface area contributed by atoms with E-state index >= 15 is 0 Å². The number of hydrogen-bond donors (Lipinski definition) is 1. The zero-order chi connectivity index (χ0) is 14.6. The zero-order valence-corrected chi connectivity index (χ0v) is 13.8. The molecule has 3 heteroatoms. The molecule has 0 bridgehead atoms. The highest BCUT2D eigenvalue weighted by Crippen LogP contribution is 2.20. The molecule has 20 heavy (non-hydrogen) atoms. The average Bonchev–Trinajstić information content (AvgIpc) is 2.90. The Morgan fingerprint density at radius 1 is 1.10 bits per heavy atom. The summed E-state index contributed by atoms with van der Waals surface area (Å²) >= 11 is 0. The fourth-order valence-corrected chi connectivity index (χ4v) is 2.71. The van der Waals surface area contributed by atoms with E-state index in [4.69, 9.17) is 9.47 Å². The summed E-state index contributed by atoms with van der Waals surface area (Å²) in [5.74, 6) is 0. The van der Waals surface area contributed by atoms with Gasteiger partial charge in [0.05, 0.1) is 24.9 Å². The van der Waals surface area contributed by atoms with E-state index < -0.39 is 0 Å². The van der Waals surface area contributed by atoms with Gasteiger partial charge in [-0.25, -0.2) is 0 Å². The first-order chi connectivity index (χ1) is 9.76. The molecule has 1 rings (SSSR count). The SMILES string of the molecule is CCCCCCC(C)OCC1CCC(CNCCC)O1. The third kappa shape index (κ3) is 8.23. The molecule has 1 aliphatic rings. The van der Waals surface area contributed by atoms with E-state index in [0.717, 1.165) is 26.1 Å². The van der Waals surface area contributed by atoms with Crippen molar-refractivity contribution in [3.8, 4) is 0 Å². The Morgan fingerprint density at radius 2 is 1.90 bits per heavy atom. The van der Waals surface area contributed by atoms with Crippen LogP contribution in [0.1, 0.15) is 72.1 Å². The van der Waals surface area contributed by atoms with Crippen LogP contribution in [0.3, 0.4) is 0 Å². The molecule has 0 radical (unpaired) electrons. The van der Waals surface area contributed by atoms with Crippen LogP contribution in [-0.2, 0) is 9.47 Å². The topological polar surface area (TPSA) is 30.5 Å². The maximum Gasteiger partial charge on any atom is 0.0814 e. The van der Waals surface area contributed by atoms with Gasteiger partial charge in [-0.1, -0.05) is 39.5 Å². The molecule has 0 aromatic heterocycles. The summed E-state index contributed by atoms with van der Waals surface area (Å²) in [6.45, 7) is 9.51. The molecule has 0 saturated carbocycles. The summed E-state index contributed by atoms with van der Waals surface area (Å²) in [5.41, 5.74) is 0. The molecule has 1 aliphatic heterocycles. The van der Waals surface area contributed by atoms with E-state index in [9.17, 15) is 0 Å². The van der Waals surface area contributed by atoms with Gasteiger partial charge in [0, 0.05) is 6.54 Å². The van der Waals surface area contributed by atoms with Gasteiger partial charge in [0.2, 0.25) is 0 Å². The van der Waals surface area contributed by atoms with Crippen LogP contribution in [0.2, 0.25) is 0 Å². The predicted molar refractivity (Wildman–Crippen MR) is 85.2 cm³/mol. The summed E-state index contributed by atoms with van der Waals surface area (Å²) in [4.78, 5) is 0. The molecule has 0 amide bonds. The third-order valence-corrected chi connectivity index (χ3v) is 4.03. The second-order valence-corrected chi connectivity index (χ2v) is 6.15. The minimum Gasteiger partial charge on any atom is -0.376 e. The fourth-order valence-electron chi connectivity index (χ4n) is 2.71. The predicted octanol–water partition coefficient (Wildman–Crippen LogP) is 3.91. The Hall–Kier alpha value is -0.120. The third-order valence-electron chi connectivity index (χ3n) is 4.03. The Bertz CT molecular complexity index is 223. The summed E-state index contributed by atoms with van der Waals surface area (Å²) in [6, 6.07) is 0. The highest BCUT2D eigenvalue weighted by atomic mass is 16.5. The number of nitrogens with one attached hydrogen (secondary N) is 1. The second kappa shape index (κ2) is 11.5. The molecule has 1 heterocycles. The Balaban J connectivity index is 1.99. The normalized spacial score (nSPS) is 24.1. The molecule has 1 fully saturated rings. The number of unbranched alkanes of at least 4 members (excludes halogenated alkanes) is 3. The van der Waals surface area contributed by atoms with E-state index in [0.29, 0.717) is 18.3 Å². The lowest BCUT2D eigenvalue weighted by Crippen LogP contribution is -2.28. The van der Waals surface area contributed by atoms with Gasteiger partial charge in [0.15, 0.2) is 0 Å². The van der Waals surface area contributed by atoms with Crippen molar-refractivity contribution in [2.45, 2.75) is 90.4 Å². The van der Waals surface area contributed by atoms with Crippen LogP contribution in [0.4, 0.5) is 0 Å². The number of ether oxygens (including phenoxy) is 2. The van der Waals surface area contributed by atoms with Crippen LogP contribution < -0.4 is 5.32 Å². The maximum absolute atomic E-state index is 6.01. The van der Waals surface area contributed by atoms with Crippen LogP contribution in [0.25, 0.3) is 0 Å². The molecule has 1 N–H and O–H groups in total. The van der Waals surface area contributed by atoms with Gasteiger partial charge in [0.25, 0.3) is 0 Å². The molecule has 0 spiro atoms. The minimum atomic E-state index is 0.321. The quantitative estimate of drug-likeness (QED) is 0.551. The van der Waals surface area contributed by atoms with Crippen LogP contribution in [0.15, 0.2) is 0 Å². The van der Waals surface area contributed by atoms with Crippen molar-refractivity contribution >= 4 is 0 Å². The summed E-state index contributed by atoms with van der Waals surface area (Å²) in [6.07, 6.45) is 11.1. The molecule has 3 unspecified atom stereocenters. The van der Waals surface area contributed by atoms with Gasteiger partial charge >= 0.3 is 0 Å². The smallest absolute Gasteiger partial charge is 0.0814 e. The Morgan fingerprint density at radius 3 is 2.65 bits per heavy atom. The van der Waals surface area contributed by atoms with Gasteiger partial charge in [-0.05, 0) is 39.2 Å². The highest BCUT2D eigenvalue weighted by Gasteiger charge is 2.25. The van der Waals surface area contributed by atoms with Gasteiger partial charge in [-0.3, -0.25) is 0 Å². The average molecular weight is 285 g/mol. The summed E-state index contributed by atoms with van der Waals surface area (Å²) in [7, 11) is 0. The Labute approximate surface area is 125 Å². The van der Waals surface area contributed by atoms with Crippen molar-refractivity contribution in [3.63, 3.8) is 0 Å². The molecule has 1 saturated heterocycles. The highest BCUT2D eigenvalue weighted by molar-refractivity contribution is 4.75. The summed E-state index contributed by atoms with van der Waals surface area (Å²) in [5, 5.41) is 3.44. The van der Waals surface area contributed by atoms with Crippen LogP contribution in [-0.4, -0.2) is 38.0 Å². The first-order valence-electron chi connectivity index (χ1n) is 8.74. The van der Waals surface area contributed by atoms with Crippen molar-refractivity contribution in [2.24, 2.45) is 0 Å². The molecule has 0 aromatic rings. The Kier molecular flexibility index (Phi) is 10.3. The van der Waals surface area contributed by atoms with Crippen LogP contribution in [0.5, 0.6) is 0 Å². The van der Waals surface area contributed by atoms with Crippen molar-refractivity contribution < 1.29 is 9.47 Å². The lowest BCUT2D eigenvalue weighted by molar-refractivity contribution is -0.0384. The molecule has 0 aliphatic carbocycles. The first-order valence-corrected chi connectivity index (χ1v) is 8.74. The van der Waals surface area contributed by atoms with Crippen LogP contribution in [0, 0.1) is 0 Å². The lowest BCUT2D eigenvalue weighted by Gasteiger charge is -2.18. The second-order valence-electron chi connectivity index (χ2n) is 6.15. The van der Waals surface area contributed by atoms with Crippen molar-refractivity contribution in [2.75, 3.05) is 19.7 Å². The molecule has 3 nitrogen and oxygen atoms in total. The molecular formula is C17H35NO2. The largest absolute Gasteiger partial charge is 0.376 e. The maximum atomic E-state index is 6.01. The van der Waals surface area contributed by atoms with Crippen LogP contribution >= 0.6 is 0 Å². The monoisotopic (exact) mass is 285 g/mol. The first kappa shape index (κ1) is 17.9. The van der Waals surface area contributed by atoms with Crippen molar-refractivity contribution in [1.29, 1.82) is 0 Å². The van der Waals surface area contributed by atoms with Gasteiger partial charge < -0.3 is 14.8 Å². The van der Waals surface area contributed by atoms with Gasteiger partial charge in [0.1, 0.15) is 0 Å². The van der Waals surface area contributed by atoms with Gasteiger partial charge in [-0.15, -0.1) is 0 Å². The number of rotatable bonds is 12. The van der Waals surface area contributed by atoms with E-state index in [1.807, 2.05) is 0 Å². The van der Waals surface area contributed by atoms with Crippen molar-refractivity contribution in [1.82, 2.24) is 5.32 Å². The lowest BCUT2D eigenvalue weighted by atomic mass is 10.1. The van der Waals surface area contributed by atoms with Gasteiger partial charge in [-0.2, -0.15) is 0 Å². The zero-order valence-electron chi connectivity index (χ0n) is 13.8. The van der Waals surface area contributed by atoms with E-state index in [1.165, 1.54) is 44.9 Å². The van der Waals surface area contributed by atoms with Crippen molar-refractivity contribution in [3.05, 3.63) is 0 Å². The summed E-state index contributed by atoms with van der Waals surface area (Å²) < 4.78 is 11.9.